The van der Waals surface area contributed by atoms with Crippen LogP contribution in [-0.4, -0.2) is 47.0 Å². The largest absolute Gasteiger partial charge is 0.351 e. The van der Waals surface area contributed by atoms with Gasteiger partial charge in [0.1, 0.15) is 6.04 Å². The van der Waals surface area contributed by atoms with Crippen LogP contribution in [0.25, 0.3) is 0 Å². The quantitative estimate of drug-likeness (QED) is 0.584. The smallest absolute Gasteiger partial charge is 0.251 e. The monoisotopic (exact) mass is 447 g/mol. The van der Waals surface area contributed by atoms with E-state index < -0.39 is 6.04 Å². The van der Waals surface area contributed by atoms with Crippen LogP contribution in [0, 0.1) is 0 Å². The molecule has 0 spiro atoms. The summed E-state index contributed by atoms with van der Waals surface area (Å²) in [5.41, 5.74) is 1.70. The molecule has 3 N–H and O–H groups in total. The van der Waals surface area contributed by atoms with Gasteiger partial charge in [-0.15, -0.1) is 0 Å². The summed E-state index contributed by atoms with van der Waals surface area (Å²) in [4.78, 5) is 26.0. The second kappa shape index (κ2) is 9.95. The van der Waals surface area contributed by atoms with Gasteiger partial charge in [0.2, 0.25) is 5.91 Å². The Labute approximate surface area is 192 Å². The summed E-state index contributed by atoms with van der Waals surface area (Å²) in [5.74, 6) is 0.518. The van der Waals surface area contributed by atoms with Crippen LogP contribution in [0.15, 0.2) is 24.3 Å². The summed E-state index contributed by atoms with van der Waals surface area (Å²) in [5, 5.41) is 9.84. The van der Waals surface area contributed by atoms with E-state index in [0.717, 1.165) is 18.6 Å². The molecule has 0 unspecified atom stereocenters. The van der Waals surface area contributed by atoms with Crippen molar-refractivity contribution in [3.63, 3.8) is 0 Å². The van der Waals surface area contributed by atoms with Gasteiger partial charge in [-0.3, -0.25) is 9.59 Å². The van der Waals surface area contributed by atoms with Gasteiger partial charge in [0.15, 0.2) is 0 Å². The number of hydrogen-bond acceptors (Lipinski definition) is 4. The number of carbonyl (C=O) groups excluding carboxylic acids is 2. The Morgan fingerprint density at radius 3 is 2.13 bits per heavy atom. The van der Waals surface area contributed by atoms with Crippen molar-refractivity contribution in [1.29, 1.82) is 0 Å². The molecule has 1 heterocycles. The first kappa shape index (κ1) is 25.7. The van der Waals surface area contributed by atoms with Crippen molar-refractivity contribution in [2.45, 2.75) is 96.3 Å². The zero-order valence-corrected chi connectivity index (χ0v) is 21.3. The van der Waals surface area contributed by atoms with E-state index >= 15 is 0 Å². The molecule has 1 fully saturated rings. The maximum absolute atomic E-state index is 13.1. The van der Waals surface area contributed by atoms with Gasteiger partial charge in [-0.1, -0.05) is 32.9 Å². The van der Waals surface area contributed by atoms with Crippen LogP contribution in [0.4, 0.5) is 0 Å². The minimum atomic E-state index is -0.539. The Morgan fingerprint density at radius 1 is 1.10 bits per heavy atom. The number of hydrogen-bond donors (Lipinski definition) is 3. The molecule has 1 atom stereocenters. The summed E-state index contributed by atoms with van der Waals surface area (Å²) in [6.07, 6.45) is 4.34. The van der Waals surface area contributed by atoms with Gasteiger partial charge in [-0.05, 0) is 82.1 Å². The van der Waals surface area contributed by atoms with Crippen LogP contribution < -0.4 is 16.0 Å². The van der Waals surface area contributed by atoms with E-state index in [1.165, 1.54) is 5.56 Å². The van der Waals surface area contributed by atoms with Gasteiger partial charge in [0.05, 0.1) is 0 Å². The third-order valence-electron chi connectivity index (χ3n) is 5.78. The molecular formula is C25H41N3O2S. The average molecular weight is 448 g/mol. The van der Waals surface area contributed by atoms with Crippen LogP contribution >= 0.6 is 11.8 Å². The molecule has 1 aliphatic heterocycles. The van der Waals surface area contributed by atoms with E-state index in [1.54, 1.807) is 11.8 Å². The maximum atomic E-state index is 13.1. The highest BCUT2D eigenvalue weighted by molar-refractivity contribution is 7.98. The zero-order chi connectivity index (χ0) is 23.4. The Hall–Kier alpha value is -1.53. The minimum absolute atomic E-state index is 0.0339. The lowest BCUT2D eigenvalue weighted by Gasteiger charge is -2.46. The molecule has 0 aliphatic carbocycles. The van der Waals surface area contributed by atoms with Crippen LogP contribution in [0.2, 0.25) is 0 Å². The number of carbonyl (C=O) groups is 2. The molecule has 2 amide bonds. The molecule has 0 aromatic heterocycles. The standard InChI is InChI=1S/C25H41N3O2S/c1-23(2,3)18-11-9-17(10-12-18)21(29)27-20(13-14-31-8)22(30)26-19-15-24(4,5)28-25(6,7)16-19/h9-12,19-20,28H,13-16H2,1-8H3,(H,26,30)(H,27,29)/t20-/m0/s1. The van der Waals surface area contributed by atoms with Crippen LogP contribution in [-0.2, 0) is 10.2 Å². The van der Waals surface area contributed by atoms with Crippen LogP contribution in [0.1, 0.15) is 83.7 Å². The van der Waals surface area contributed by atoms with Crippen molar-refractivity contribution >= 4 is 23.6 Å². The molecule has 0 saturated carbocycles. The number of nitrogens with one attached hydrogen (secondary N) is 3. The molecule has 0 radical (unpaired) electrons. The van der Waals surface area contributed by atoms with E-state index in [1.807, 2.05) is 30.5 Å². The Balaban J connectivity index is 2.08. The van der Waals surface area contributed by atoms with E-state index in [4.69, 9.17) is 0 Å². The maximum Gasteiger partial charge on any atom is 0.251 e. The Kier molecular flexibility index (Phi) is 8.26. The fourth-order valence-corrected chi connectivity index (χ4v) is 5.07. The first-order valence-corrected chi connectivity index (χ1v) is 12.6. The van der Waals surface area contributed by atoms with Gasteiger partial charge in [-0.25, -0.2) is 0 Å². The van der Waals surface area contributed by atoms with Gasteiger partial charge < -0.3 is 16.0 Å². The summed E-state index contributed by atoms with van der Waals surface area (Å²) < 4.78 is 0. The highest BCUT2D eigenvalue weighted by atomic mass is 32.2. The summed E-state index contributed by atoms with van der Waals surface area (Å²) in [6.45, 7) is 15.1. The first-order chi connectivity index (χ1) is 14.2. The minimum Gasteiger partial charge on any atom is -0.351 e. The molecule has 6 heteroatoms. The van der Waals surface area contributed by atoms with E-state index in [0.29, 0.717) is 12.0 Å². The molecule has 1 aromatic rings. The van der Waals surface area contributed by atoms with Crippen molar-refractivity contribution in [3.05, 3.63) is 35.4 Å². The first-order valence-electron chi connectivity index (χ1n) is 11.2. The third-order valence-corrected chi connectivity index (χ3v) is 6.43. The summed E-state index contributed by atoms with van der Waals surface area (Å²) in [6, 6.07) is 7.21. The van der Waals surface area contributed by atoms with E-state index in [2.05, 4.69) is 64.4 Å². The molecule has 0 bridgehead atoms. The van der Waals surface area contributed by atoms with Crippen molar-refractivity contribution in [2.75, 3.05) is 12.0 Å². The van der Waals surface area contributed by atoms with Gasteiger partial charge in [0.25, 0.3) is 5.91 Å². The second-order valence-corrected chi connectivity index (χ2v) is 12.1. The molecule has 1 aromatic carbocycles. The molecule has 31 heavy (non-hydrogen) atoms. The Morgan fingerprint density at radius 2 is 1.65 bits per heavy atom. The van der Waals surface area contributed by atoms with Gasteiger partial charge in [-0.2, -0.15) is 11.8 Å². The predicted molar refractivity (Wildman–Crippen MR) is 132 cm³/mol. The molecule has 2 rings (SSSR count). The number of thioether (sulfide) groups is 1. The summed E-state index contributed by atoms with van der Waals surface area (Å²) in [7, 11) is 0. The molecule has 1 saturated heterocycles. The SMILES string of the molecule is CSCC[C@H](NC(=O)c1ccc(C(C)(C)C)cc1)C(=O)NC1CC(C)(C)NC(C)(C)C1. The lowest BCUT2D eigenvalue weighted by Crippen LogP contribution is -2.63. The number of benzene rings is 1. The van der Waals surface area contributed by atoms with Crippen molar-refractivity contribution in [3.8, 4) is 0 Å². The second-order valence-electron chi connectivity index (χ2n) is 11.1. The zero-order valence-electron chi connectivity index (χ0n) is 20.5. The third kappa shape index (κ3) is 7.83. The molecule has 174 valence electrons. The fraction of sp³-hybridized carbons (Fsp3) is 0.680. The number of piperidine rings is 1. The van der Waals surface area contributed by atoms with Gasteiger partial charge >= 0.3 is 0 Å². The Bertz CT molecular complexity index is 750. The van der Waals surface area contributed by atoms with E-state index in [9.17, 15) is 9.59 Å². The number of rotatable bonds is 7. The lowest BCUT2D eigenvalue weighted by molar-refractivity contribution is -0.124. The van der Waals surface area contributed by atoms with Crippen molar-refractivity contribution in [1.82, 2.24) is 16.0 Å². The van der Waals surface area contributed by atoms with Crippen LogP contribution in [0.5, 0.6) is 0 Å². The number of amides is 2. The van der Waals surface area contributed by atoms with Crippen LogP contribution in [0.3, 0.4) is 0 Å². The topological polar surface area (TPSA) is 70.2 Å². The molecule has 1 aliphatic rings. The van der Waals surface area contributed by atoms with Crippen molar-refractivity contribution in [2.24, 2.45) is 0 Å². The fourth-order valence-electron chi connectivity index (χ4n) is 4.59. The normalized spacial score (nSPS) is 19.5. The van der Waals surface area contributed by atoms with E-state index in [-0.39, 0.29) is 34.3 Å². The predicted octanol–water partition coefficient (Wildman–Crippen LogP) is 4.26. The summed E-state index contributed by atoms with van der Waals surface area (Å²) >= 11 is 1.68. The highest BCUT2D eigenvalue weighted by Crippen LogP contribution is 2.28. The average Bonchev–Trinajstić information content (AvgIpc) is 2.61. The molecular weight excluding hydrogens is 406 g/mol. The molecule has 5 nitrogen and oxygen atoms in total. The lowest BCUT2D eigenvalue weighted by atomic mass is 9.79. The highest BCUT2D eigenvalue weighted by Gasteiger charge is 2.38. The van der Waals surface area contributed by atoms with Crippen molar-refractivity contribution < 1.29 is 9.59 Å². The van der Waals surface area contributed by atoms with Gasteiger partial charge in [0, 0.05) is 22.7 Å².